The lowest BCUT2D eigenvalue weighted by atomic mass is 9.91. The maximum Gasteiger partial charge on any atom is 0.0410 e. The zero-order chi connectivity index (χ0) is 9.47. The van der Waals surface area contributed by atoms with E-state index in [1.165, 1.54) is 24.0 Å². The minimum Gasteiger partial charge on any atom is -0.263 e. The number of rotatable bonds is 2. The Morgan fingerprint density at radius 3 is 2.69 bits per heavy atom. The van der Waals surface area contributed by atoms with E-state index in [0.717, 1.165) is 4.47 Å². The number of halogens is 1. The molecule has 2 heteroatoms. The third-order valence-corrected chi connectivity index (χ3v) is 3.26. The van der Waals surface area contributed by atoms with Gasteiger partial charge in [0.25, 0.3) is 0 Å². The van der Waals surface area contributed by atoms with E-state index in [9.17, 15) is 0 Å². The zero-order valence-corrected chi connectivity index (χ0v) is 9.26. The highest BCUT2D eigenvalue weighted by molar-refractivity contribution is 9.10. The van der Waals surface area contributed by atoms with Crippen LogP contribution in [0.4, 0.5) is 0 Å². The van der Waals surface area contributed by atoms with Crippen molar-refractivity contribution >= 4 is 15.9 Å². The lowest BCUT2D eigenvalue weighted by Crippen LogP contribution is -2.07. The Morgan fingerprint density at radius 2 is 2.23 bits per heavy atom. The number of hydrogen-bond donors (Lipinski definition) is 0. The molecular formula is C11H12BrN. The van der Waals surface area contributed by atoms with Crippen LogP contribution in [0, 0.1) is 0 Å². The molecule has 13 heavy (non-hydrogen) atoms. The fraction of sp³-hybridized carbons (Fsp3) is 0.364. The van der Waals surface area contributed by atoms with Crippen molar-refractivity contribution in [3.63, 3.8) is 0 Å². The standard InChI is InChI=1S/C11H12BrN/c1-8(2)11(3-4-11)9-5-10(12)7-13-6-9/h5-7H,1,3-4H2,2H3. The van der Waals surface area contributed by atoms with Crippen molar-refractivity contribution in [2.24, 2.45) is 0 Å². The van der Waals surface area contributed by atoms with Crippen LogP contribution in [0.3, 0.4) is 0 Å². The number of allylic oxidation sites excluding steroid dienone is 1. The van der Waals surface area contributed by atoms with Crippen LogP contribution in [0.15, 0.2) is 35.1 Å². The summed E-state index contributed by atoms with van der Waals surface area (Å²) < 4.78 is 1.05. The minimum absolute atomic E-state index is 0.247. The molecule has 68 valence electrons. The summed E-state index contributed by atoms with van der Waals surface area (Å²) in [5.41, 5.74) is 2.80. The number of aromatic nitrogens is 1. The van der Waals surface area contributed by atoms with E-state index in [1.54, 1.807) is 0 Å². The fourth-order valence-corrected chi connectivity index (χ4v) is 2.13. The summed E-state index contributed by atoms with van der Waals surface area (Å²) in [6.45, 7) is 6.16. The van der Waals surface area contributed by atoms with E-state index >= 15 is 0 Å². The van der Waals surface area contributed by atoms with Gasteiger partial charge in [-0.25, -0.2) is 0 Å². The van der Waals surface area contributed by atoms with Gasteiger partial charge in [0.2, 0.25) is 0 Å². The summed E-state index contributed by atoms with van der Waals surface area (Å²) in [5, 5.41) is 0. The van der Waals surface area contributed by atoms with Crippen LogP contribution in [0.5, 0.6) is 0 Å². The van der Waals surface area contributed by atoms with Crippen LogP contribution in [-0.2, 0) is 5.41 Å². The second kappa shape index (κ2) is 2.95. The second-order valence-corrected chi connectivity index (χ2v) is 4.67. The van der Waals surface area contributed by atoms with Gasteiger partial charge in [0.15, 0.2) is 0 Å². The first kappa shape index (κ1) is 8.95. The number of nitrogens with zero attached hydrogens (tertiary/aromatic N) is 1. The van der Waals surface area contributed by atoms with Gasteiger partial charge < -0.3 is 0 Å². The van der Waals surface area contributed by atoms with Gasteiger partial charge in [-0.15, -0.1) is 0 Å². The van der Waals surface area contributed by atoms with Crippen molar-refractivity contribution in [1.82, 2.24) is 4.98 Å². The predicted molar refractivity (Wildman–Crippen MR) is 57.7 cm³/mol. The van der Waals surface area contributed by atoms with E-state index in [0.29, 0.717) is 0 Å². The molecule has 0 aliphatic heterocycles. The Balaban J connectivity index is 2.41. The quantitative estimate of drug-likeness (QED) is 0.719. The lowest BCUT2D eigenvalue weighted by molar-refractivity contribution is 0.816. The highest BCUT2D eigenvalue weighted by atomic mass is 79.9. The predicted octanol–water partition coefficient (Wildman–Crippen LogP) is 3.45. The highest BCUT2D eigenvalue weighted by Gasteiger charge is 2.45. The molecule has 1 aromatic rings. The van der Waals surface area contributed by atoms with E-state index in [-0.39, 0.29) is 5.41 Å². The maximum absolute atomic E-state index is 4.18. The van der Waals surface area contributed by atoms with Gasteiger partial charge in [0.05, 0.1) is 0 Å². The molecule has 1 aliphatic rings. The van der Waals surface area contributed by atoms with Gasteiger partial charge in [-0.3, -0.25) is 4.98 Å². The smallest absolute Gasteiger partial charge is 0.0410 e. The van der Waals surface area contributed by atoms with E-state index < -0.39 is 0 Å². The average molecular weight is 238 g/mol. The number of hydrogen-bond acceptors (Lipinski definition) is 1. The normalized spacial score (nSPS) is 18.3. The molecule has 0 saturated heterocycles. The maximum atomic E-state index is 4.18. The average Bonchev–Trinajstić information content (AvgIpc) is 2.83. The van der Waals surface area contributed by atoms with Gasteiger partial charge in [-0.05, 0) is 47.3 Å². The van der Waals surface area contributed by atoms with E-state index in [2.05, 4.69) is 40.5 Å². The second-order valence-electron chi connectivity index (χ2n) is 3.75. The Kier molecular flexibility index (Phi) is 2.03. The van der Waals surface area contributed by atoms with Crippen molar-refractivity contribution in [2.45, 2.75) is 25.2 Å². The highest BCUT2D eigenvalue weighted by Crippen LogP contribution is 2.53. The summed E-state index contributed by atoms with van der Waals surface area (Å²) in [5.74, 6) is 0. The van der Waals surface area contributed by atoms with Crippen molar-refractivity contribution < 1.29 is 0 Å². The van der Waals surface area contributed by atoms with Gasteiger partial charge in [0, 0.05) is 22.3 Å². The SMILES string of the molecule is C=C(C)C1(c2cncc(Br)c2)CC1. The van der Waals surface area contributed by atoms with Gasteiger partial charge in [-0.1, -0.05) is 12.2 Å². The Morgan fingerprint density at radius 1 is 1.54 bits per heavy atom. The molecule has 0 bridgehead atoms. The summed E-state index contributed by atoms with van der Waals surface area (Å²) in [6, 6.07) is 2.15. The molecule has 1 aromatic heterocycles. The van der Waals surface area contributed by atoms with Crippen LogP contribution in [-0.4, -0.2) is 4.98 Å². The first-order chi connectivity index (χ1) is 6.15. The topological polar surface area (TPSA) is 12.9 Å². The molecule has 0 unspecified atom stereocenters. The summed E-state index contributed by atoms with van der Waals surface area (Å²) in [6.07, 6.45) is 6.21. The third-order valence-electron chi connectivity index (χ3n) is 2.82. The Bertz CT molecular complexity index is 353. The summed E-state index contributed by atoms with van der Waals surface area (Å²) in [7, 11) is 0. The molecule has 0 spiro atoms. The fourth-order valence-electron chi connectivity index (χ4n) is 1.76. The molecule has 0 atom stereocenters. The monoisotopic (exact) mass is 237 g/mol. The van der Waals surface area contributed by atoms with E-state index in [1.807, 2.05) is 12.4 Å². The molecule has 1 fully saturated rings. The zero-order valence-electron chi connectivity index (χ0n) is 7.68. The van der Waals surface area contributed by atoms with E-state index in [4.69, 9.17) is 0 Å². The number of pyridine rings is 1. The van der Waals surface area contributed by atoms with Crippen LogP contribution in [0.25, 0.3) is 0 Å². The Labute approximate surface area is 87.0 Å². The van der Waals surface area contributed by atoms with Crippen LogP contribution < -0.4 is 0 Å². The lowest BCUT2D eigenvalue weighted by Gasteiger charge is -2.14. The van der Waals surface area contributed by atoms with Crippen molar-refractivity contribution in [3.05, 3.63) is 40.6 Å². The molecule has 2 rings (SSSR count). The van der Waals surface area contributed by atoms with Crippen molar-refractivity contribution in [3.8, 4) is 0 Å². The van der Waals surface area contributed by atoms with Crippen molar-refractivity contribution in [2.75, 3.05) is 0 Å². The molecule has 0 N–H and O–H groups in total. The van der Waals surface area contributed by atoms with Crippen molar-refractivity contribution in [1.29, 1.82) is 0 Å². The van der Waals surface area contributed by atoms with Gasteiger partial charge in [-0.2, -0.15) is 0 Å². The molecular weight excluding hydrogens is 226 g/mol. The Hall–Kier alpha value is -0.630. The van der Waals surface area contributed by atoms with Crippen LogP contribution in [0.1, 0.15) is 25.3 Å². The summed E-state index contributed by atoms with van der Waals surface area (Å²) in [4.78, 5) is 4.18. The largest absolute Gasteiger partial charge is 0.263 e. The minimum atomic E-state index is 0.247. The van der Waals surface area contributed by atoms with Gasteiger partial charge in [0.1, 0.15) is 0 Å². The third kappa shape index (κ3) is 1.44. The summed E-state index contributed by atoms with van der Waals surface area (Å²) >= 11 is 3.44. The molecule has 0 amide bonds. The molecule has 1 aliphatic carbocycles. The molecule has 0 radical (unpaired) electrons. The first-order valence-corrected chi connectivity index (χ1v) is 5.21. The van der Waals surface area contributed by atoms with Gasteiger partial charge >= 0.3 is 0 Å². The van der Waals surface area contributed by atoms with Crippen LogP contribution >= 0.6 is 15.9 Å². The molecule has 1 saturated carbocycles. The van der Waals surface area contributed by atoms with Crippen LogP contribution in [0.2, 0.25) is 0 Å². The first-order valence-electron chi connectivity index (χ1n) is 4.42. The molecule has 0 aromatic carbocycles. The molecule has 1 heterocycles. The molecule has 1 nitrogen and oxygen atoms in total.